The highest BCUT2D eigenvalue weighted by molar-refractivity contribution is 7.91. The predicted molar refractivity (Wildman–Crippen MR) is 106 cm³/mol. The molecule has 142 valence electrons. The largest absolute Gasteiger partial charge is 0.496 e. The van der Waals surface area contributed by atoms with E-state index in [1.54, 1.807) is 17.5 Å². The number of piperazine rings is 1. The first-order valence-electron chi connectivity index (χ1n) is 8.97. The molecule has 2 aromatic rings. The summed E-state index contributed by atoms with van der Waals surface area (Å²) >= 11 is 1.39. The average molecular weight is 395 g/mol. The van der Waals surface area contributed by atoms with Crippen molar-refractivity contribution in [2.24, 2.45) is 0 Å². The Labute approximate surface area is 160 Å². The molecule has 1 aliphatic heterocycles. The first-order chi connectivity index (χ1) is 12.5. The van der Waals surface area contributed by atoms with Gasteiger partial charge in [-0.15, -0.1) is 11.3 Å². The quantitative estimate of drug-likeness (QED) is 0.725. The molecule has 0 saturated carbocycles. The molecule has 0 bridgehead atoms. The third kappa shape index (κ3) is 4.28. The summed E-state index contributed by atoms with van der Waals surface area (Å²) in [7, 11) is -1.66. The molecule has 0 amide bonds. The normalized spacial score (nSPS) is 16.7. The highest BCUT2D eigenvalue weighted by Crippen LogP contribution is 2.26. The van der Waals surface area contributed by atoms with Gasteiger partial charge in [0.05, 0.1) is 7.11 Å². The van der Waals surface area contributed by atoms with Gasteiger partial charge in [-0.1, -0.05) is 25.1 Å². The summed E-state index contributed by atoms with van der Waals surface area (Å²) < 4.78 is 33.1. The molecule has 0 unspecified atom stereocenters. The molecule has 0 N–H and O–H groups in total. The highest BCUT2D eigenvalue weighted by Gasteiger charge is 2.29. The SMILES string of the molecule is CCc1ccc(S(=O)(=O)N2CCN(CCc3ccccc3OC)CC2)s1. The summed E-state index contributed by atoms with van der Waals surface area (Å²) in [5.74, 6) is 0.915. The summed E-state index contributed by atoms with van der Waals surface area (Å²) in [6.07, 6.45) is 1.78. The lowest BCUT2D eigenvalue weighted by Crippen LogP contribution is -2.48. The number of methoxy groups -OCH3 is 1. The van der Waals surface area contributed by atoms with Gasteiger partial charge in [-0.3, -0.25) is 0 Å². The number of rotatable bonds is 7. The molecule has 2 heterocycles. The van der Waals surface area contributed by atoms with Gasteiger partial charge in [-0.05, 0) is 36.6 Å². The third-order valence-corrected chi connectivity index (χ3v) is 8.40. The minimum atomic E-state index is -3.35. The second-order valence-corrected chi connectivity index (χ2v) is 9.71. The van der Waals surface area contributed by atoms with Gasteiger partial charge in [-0.2, -0.15) is 4.31 Å². The van der Waals surface area contributed by atoms with Crippen LogP contribution in [-0.4, -0.2) is 57.5 Å². The van der Waals surface area contributed by atoms with Crippen LogP contribution < -0.4 is 4.74 Å². The molecule has 1 aromatic heterocycles. The Morgan fingerprint density at radius 2 is 1.81 bits per heavy atom. The Morgan fingerprint density at radius 1 is 1.08 bits per heavy atom. The van der Waals surface area contributed by atoms with E-state index in [-0.39, 0.29) is 0 Å². The Balaban J connectivity index is 1.55. The Hall–Kier alpha value is -1.41. The number of sulfonamides is 1. The zero-order valence-electron chi connectivity index (χ0n) is 15.3. The monoisotopic (exact) mass is 394 g/mol. The molecule has 7 heteroatoms. The lowest BCUT2D eigenvalue weighted by atomic mass is 10.1. The number of hydrogen-bond acceptors (Lipinski definition) is 5. The number of nitrogens with zero attached hydrogens (tertiary/aromatic N) is 2. The Morgan fingerprint density at radius 3 is 2.46 bits per heavy atom. The lowest BCUT2D eigenvalue weighted by molar-refractivity contribution is 0.190. The van der Waals surface area contributed by atoms with E-state index in [9.17, 15) is 8.42 Å². The highest BCUT2D eigenvalue weighted by atomic mass is 32.2. The number of para-hydroxylation sites is 1. The lowest BCUT2D eigenvalue weighted by Gasteiger charge is -2.33. The van der Waals surface area contributed by atoms with Gasteiger partial charge in [-0.25, -0.2) is 8.42 Å². The second-order valence-electron chi connectivity index (χ2n) is 6.38. The van der Waals surface area contributed by atoms with Crippen LogP contribution in [0.4, 0.5) is 0 Å². The van der Waals surface area contributed by atoms with Crippen LogP contribution in [0, 0.1) is 0 Å². The zero-order valence-corrected chi connectivity index (χ0v) is 17.0. The average Bonchev–Trinajstić information content (AvgIpc) is 3.17. The van der Waals surface area contributed by atoms with E-state index < -0.39 is 10.0 Å². The van der Waals surface area contributed by atoms with E-state index in [0.717, 1.165) is 43.1 Å². The minimum Gasteiger partial charge on any atom is -0.496 e. The van der Waals surface area contributed by atoms with E-state index >= 15 is 0 Å². The Kier molecular flexibility index (Phi) is 6.34. The molecule has 0 spiro atoms. The van der Waals surface area contributed by atoms with Crippen molar-refractivity contribution in [2.45, 2.75) is 24.0 Å². The molecule has 5 nitrogen and oxygen atoms in total. The Bertz CT molecular complexity index is 825. The topological polar surface area (TPSA) is 49.9 Å². The van der Waals surface area contributed by atoms with Gasteiger partial charge < -0.3 is 9.64 Å². The molecule has 1 aromatic carbocycles. The van der Waals surface area contributed by atoms with Crippen LogP contribution in [0.3, 0.4) is 0 Å². The maximum Gasteiger partial charge on any atom is 0.252 e. The molecule has 1 saturated heterocycles. The number of aryl methyl sites for hydroxylation is 1. The van der Waals surface area contributed by atoms with Crippen molar-refractivity contribution in [3.63, 3.8) is 0 Å². The number of thiophene rings is 1. The van der Waals surface area contributed by atoms with Crippen LogP contribution in [0.2, 0.25) is 0 Å². The van der Waals surface area contributed by atoms with E-state index in [2.05, 4.69) is 11.0 Å². The van der Waals surface area contributed by atoms with Gasteiger partial charge >= 0.3 is 0 Å². The van der Waals surface area contributed by atoms with Gasteiger partial charge in [0.1, 0.15) is 9.96 Å². The van der Waals surface area contributed by atoms with Crippen molar-refractivity contribution in [2.75, 3.05) is 39.8 Å². The van der Waals surface area contributed by atoms with E-state index in [1.807, 2.05) is 31.2 Å². The van der Waals surface area contributed by atoms with Crippen molar-refractivity contribution in [3.8, 4) is 5.75 Å². The van der Waals surface area contributed by atoms with Crippen LogP contribution in [0.5, 0.6) is 5.75 Å². The standard InChI is InChI=1S/C19H26N2O3S2/c1-3-17-8-9-19(25-17)26(22,23)21-14-12-20(13-15-21)11-10-16-6-4-5-7-18(16)24-2/h4-9H,3,10-15H2,1-2H3. The van der Waals surface area contributed by atoms with Gasteiger partial charge in [0.2, 0.25) is 0 Å². The molecular weight excluding hydrogens is 368 g/mol. The molecule has 1 fully saturated rings. The van der Waals surface area contributed by atoms with Crippen molar-refractivity contribution >= 4 is 21.4 Å². The smallest absolute Gasteiger partial charge is 0.252 e. The fourth-order valence-electron chi connectivity index (χ4n) is 3.20. The van der Waals surface area contributed by atoms with Crippen LogP contribution in [-0.2, 0) is 22.9 Å². The number of hydrogen-bond donors (Lipinski definition) is 0. The summed E-state index contributed by atoms with van der Waals surface area (Å²) in [5.41, 5.74) is 1.19. The van der Waals surface area contributed by atoms with E-state index in [0.29, 0.717) is 17.3 Å². The molecule has 3 rings (SSSR count). The third-order valence-electron chi connectivity index (χ3n) is 4.80. The first kappa shape index (κ1) is 19.4. The molecule has 0 atom stereocenters. The first-order valence-corrected chi connectivity index (χ1v) is 11.2. The maximum atomic E-state index is 12.8. The minimum absolute atomic E-state index is 0.469. The molecule has 26 heavy (non-hydrogen) atoms. The van der Waals surface area contributed by atoms with Crippen molar-refractivity contribution in [1.29, 1.82) is 0 Å². The maximum absolute atomic E-state index is 12.8. The van der Waals surface area contributed by atoms with Crippen LogP contribution in [0.25, 0.3) is 0 Å². The van der Waals surface area contributed by atoms with Crippen molar-refractivity contribution < 1.29 is 13.2 Å². The zero-order chi connectivity index (χ0) is 18.6. The molecule has 0 aliphatic carbocycles. The fraction of sp³-hybridized carbons (Fsp3) is 0.474. The van der Waals surface area contributed by atoms with Crippen molar-refractivity contribution in [3.05, 3.63) is 46.8 Å². The summed E-state index contributed by atoms with van der Waals surface area (Å²) in [6, 6.07) is 11.7. The molecule has 0 radical (unpaired) electrons. The van der Waals surface area contributed by atoms with E-state index in [1.165, 1.54) is 16.9 Å². The van der Waals surface area contributed by atoms with Crippen LogP contribution in [0.1, 0.15) is 17.4 Å². The van der Waals surface area contributed by atoms with Crippen LogP contribution >= 0.6 is 11.3 Å². The molecular formula is C19H26N2O3S2. The van der Waals surface area contributed by atoms with Crippen LogP contribution in [0.15, 0.2) is 40.6 Å². The predicted octanol–water partition coefficient (Wildman–Crippen LogP) is 2.87. The summed E-state index contributed by atoms with van der Waals surface area (Å²) in [6.45, 7) is 5.58. The summed E-state index contributed by atoms with van der Waals surface area (Å²) in [5, 5.41) is 0. The number of ether oxygens (including phenoxy) is 1. The van der Waals surface area contributed by atoms with Crippen molar-refractivity contribution in [1.82, 2.24) is 9.21 Å². The van der Waals surface area contributed by atoms with Gasteiger partial charge in [0, 0.05) is 37.6 Å². The number of benzene rings is 1. The fourth-order valence-corrected chi connectivity index (χ4v) is 6.07. The second kappa shape index (κ2) is 8.52. The van der Waals surface area contributed by atoms with Gasteiger partial charge in [0.15, 0.2) is 0 Å². The van der Waals surface area contributed by atoms with E-state index in [4.69, 9.17) is 4.74 Å². The summed E-state index contributed by atoms with van der Waals surface area (Å²) in [4.78, 5) is 3.43. The van der Waals surface area contributed by atoms with Gasteiger partial charge in [0.25, 0.3) is 10.0 Å². The molecule has 1 aliphatic rings.